The normalized spacial score (nSPS) is 9.96. The average Bonchev–Trinajstić information content (AvgIpc) is 2.75. The molecular formula is C20H22N2O6. The molecule has 0 radical (unpaired) electrons. The van der Waals surface area contributed by atoms with Crippen molar-refractivity contribution in [2.24, 2.45) is 0 Å². The largest absolute Gasteiger partial charge is 0.497 e. The van der Waals surface area contributed by atoms with Crippen molar-refractivity contribution >= 4 is 17.8 Å². The lowest BCUT2D eigenvalue weighted by atomic mass is 10.1. The van der Waals surface area contributed by atoms with Crippen LogP contribution in [0.5, 0.6) is 11.5 Å². The molecule has 0 aromatic heterocycles. The average molecular weight is 386 g/mol. The van der Waals surface area contributed by atoms with Crippen LogP contribution in [0.1, 0.15) is 26.3 Å². The third kappa shape index (κ3) is 5.47. The van der Waals surface area contributed by atoms with Gasteiger partial charge in [-0.25, -0.2) is 4.79 Å². The Bertz CT molecular complexity index is 848. The summed E-state index contributed by atoms with van der Waals surface area (Å²) in [6.07, 6.45) is 0. The lowest BCUT2D eigenvalue weighted by molar-refractivity contribution is -0.120. The fourth-order valence-corrected chi connectivity index (χ4v) is 2.39. The van der Waals surface area contributed by atoms with Gasteiger partial charge in [0.2, 0.25) is 5.91 Å². The van der Waals surface area contributed by atoms with Crippen molar-refractivity contribution in [1.29, 1.82) is 0 Å². The van der Waals surface area contributed by atoms with E-state index < -0.39 is 11.9 Å². The zero-order valence-electron chi connectivity index (χ0n) is 15.9. The monoisotopic (exact) mass is 386 g/mol. The lowest BCUT2D eigenvalue weighted by Gasteiger charge is -2.12. The van der Waals surface area contributed by atoms with E-state index in [2.05, 4.69) is 15.4 Å². The zero-order valence-corrected chi connectivity index (χ0v) is 15.9. The molecule has 0 saturated heterocycles. The highest BCUT2D eigenvalue weighted by atomic mass is 16.5. The van der Waals surface area contributed by atoms with E-state index in [1.807, 2.05) is 0 Å². The van der Waals surface area contributed by atoms with Crippen LogP contribution in [-0.2, 0) is 16.1 Å². The molecular weight excluding hydrogens is 364 g/mol. The summed E-state index contributed by atoms with van der Waals surface area (Å²) >= 11 is 0. The third-order valence-corrected chi connectivity index (χ3v) is 3.95. The number of benzene rings is 2. The van der Waals surface area contributed by atoms with Crippen LogP contribution in [0.4, 0.5) is 0 Å². The van der Waals surface area contributed by atoms with Gasteiger partial charge in [-0.1, -0.05) is 0 Å². The molecule has 2 amide bonds. The maximum absolute atomic E-state index is 12.1. The highest BCUT2D eigenvalue weighted by molar-refractivity contribution is 5.97. The van der Waals surface area contributed by atoms with Gasteiger partial charge in [-0.15, -0.1) is 0 Å². The Morgan fingerprint density at radius 2 is 1.54 bits per heavy atom. The predicted molar refractivity (Wildman–Crippen MR) is 102 cm³/mol. The van der Waals surface area contributed by atoms with Crippen LogP contribution in [0, 0.1) is 0 Å². The van der Waals surface area contributed by atoms with E-state index in [-0.39, 0.29) is 19.0 Å². The third-order valence-electron chi connectivity index (χ3n) is 3.95. The number of nitrogens with one attached hydrogen (secondary N) is 2. The molecule has 0 heterocycles. The Hall–Kier alpha value is -3.55. The maximum atomic E-state index is 12.1. The Morgan fingerprint density at radius 3 is 2.14 bits per heavy atom. The van der Waals surface area contributed by atoms with Crippen LogP contribution in [0.25, 0.3) is 0 Å². The van der Waals surface area contributed by atoms with Crippen LogP contribution in [-0.4, -0.2) is 45.7 Å². The molecule has 2 aromatic rings. The Balaban J connectivity index is 1.85. The number of carbonyl (C=O) groups excluding carboxylic acids is 3. The molecule has 8 nitrogen and oxygen atoms in total. The number of carbonyl (C=O) groups is 3. The molecule has 2 aromatic carbocycles. The number of methoxy groups -OCH3 is 3. The summed E-state index contributed by atoms with van der Waals surface area (Å²) in [7, 11) is 4.37. The predicted octanol–water partition coefficient (Wildman–Crippen LogP) is 1.54. The van der Waals surface area contributed by atoms with Crippen molar-refractivity contribution < 1.29 is 28.6 Å². The molecule has 148 valence electrons. The van der Waals surface area contributed by atoms with E-state index in [0.29, 0.717) is 22.6 Å². The Morgan fingerprint density at radius 1 is 0.857 bits per heavy atom. The second-order valence-electron chi connectivity index (χ2n) is 5.71. The Kier molecular flexibility index (Phi) is 7.38. The van der Waals surface area contributed by atoms with Gasteiger partial charge in [0.15, 0.2) is 0 Å². The van der Waals surface area contributed by atoms with Crippen LogP contribution in [0.3, 0.4) is 0 Å². The highest BCUT2D eigenvalue weighted by Gasteiger charge is 2.11. The fraction of sp³-hybridized carbons (Fsp3) is 0.250. The smallest absolute Gasteiger partial charge is 0.337 e. The van der Waals surface area contributed by atoms with E-state index in [4.69, 9.17) is 9.47 Å². The topological polar surface area (TPSA) is 103 Å². The van der Waals surface area contributed by atoms with Crippen LogP contribution in [0.2, 0.25) is 0 Å². The van der Waals surface area contributed by atoms with Crippen LogP contribution >= 0.6 is 0 Å². The maximum Gasteiger partial charge on any atom is 0.337 e. The standard InChI is InChI=1S/C20H22N2O6/c1-26-16-9-8-15(17(10-16)27-2)11-21-18(23)12-22-19(24)13-4-6-14(7-5-13)20(25)28-3/h4-10H,11-12H2,1-3H3,(H,21,23)(H,22,24). The van der Waals surface area contributed by atoms with Crippen molar-refractivity contribution in [3.05, 3.63) is 59.2 Å². The molecule has 0 aliphatic heterocycles. The first-order valence-corrected chi connectivity index (χ1v) is 8.42. The molecule has 0 bridgehead atoms. The first-order chi connectivity index (χ1) is 13.5. The minimum Gasteiger partial charge on any atom is -0.497 e. The van der Waals surface area contributed by atoms with Crippen molar-refractivity contribution in [2.75, 3.05) is 27.9 Å². The van der Waals surface area contributed by atoms with E-state index in [1.165, 1.54) is 38.5 Å². The van der Waals surface area contributed by atoms with Crippen molar-refractivity contribution in [3.63, 3.8) is 0 Å². The number of amides is 2. The van der Waals surface area contributed by atoms with Gasteiger partial charge in [0.1, 0.15) is 11.5 Å². The summed E-state index contributed by atoms with van der Waals surface area (Å²) in [5, 5.41) is 5.24. The minimum absolute atomic E-state index is 0.184. The zero-order chi connectivity index (χ0) is 20.5. The van der Waals surface area contributed by atoms with E-state index >= 15 is 0 Å². The summed E-state index contributed by atoms with van der Waals surface area (Å²) in [5.74, 6) is -0.0157. The van der Waals surface area contributed by atoms with Gasteiger partial charge in [0.25, 0.3) is 5.91 Å². The van der Waals surface area contributed by atoms with Gasteiger partial charge in [0, 0.05) is 23.7 Å². The number of ether oxygens (including phenoxy) is 3. The quantitative estimate of drug-likeness (QED) is 0.667. The first-order valence-electron chi connectivity index (χ1n) is 8.42. The highest BCUT2D eigenvalue weighted by Crippen LogP contribution is 2.24. The molecule has 2 rings (SSSR count). The van der Waals surface area contributed by atoms with Gasteiger partial charge in [-0.2, -0.15) is 0 Å². The summed E-state index contributed by atoms with van der Waals surface area (Å²) in [4.78, 5) is 35.5. The van der Waals surface area contributed by atoms with Crippen molar-refractivity contribution in [2.45, 2.75) is 6.54 Å². The van der Waals surface area contributed by atoms with Gasteiger partial charge < -0.3 is 24.8 Å². The number of esters is 1. The van der Waals surface area contributed by atoms with Gasteiger partial charge in [0.05, 0.1) is 33.4 Å². The molecule has 0 aliphatic carbocycles. The van der Waals surface area contributed by atoms with Gasteiger partial charge in [-0.05, 0) is 36.4 Å². The van der Waals surface area contributed by atoms with E-state index in [0.717, 1.165) is 5.56 Å². The van der Waals surface area contributed by atoms with Gasteiger partial charge >= 0.3 is 5.97 Å². The second kappa shape index (κ2) is 9.96. The molecule has 0 fully saturated rings. The first kappa shape index (κ1) is 20.8. The SMILES string of the molecule is COC(=O)c1ccc(C(=O)NCC(=O)NCc2ccc(OC)cc2OC)cc1. The summed E-state index contributed by atoms with van der Waals surface area (Å²) < 4.78 is 15.0. The molecule has 8 heteroatoms. The molecule has 28 heavy (non-hydrogen) atoms. The summed E-state index contributed by atoms with van der Waals surface area (Å²) in [6, 6.07) is 11.2. The minimum atomic E-state index is -0.486. The number of hydrogen-bond acceptors (Lipinski definition) is 6. The molecule has 0 spiro atoms. The molecule has 2 N–H and O–H groups in total. The van der Waals surface area contributed by atoms with Gasteiger partial charge in [-0.3, -0.25) is 9.59 Å². The lowest BCUT2D eigenvalue weighted by Crippen LogP contribution is -2.36. The molecule has 0 unspecified atom stereocenters. The Labute approximate surface area is 162 Å². The van der Waals surface area contributed by atoms with Crippen molar-refractivity contribution in [3.8, 4) is 11.5 Å². The number of hydrogen-bond donors (Lipinski definition) is 2. The fourth-order valence-electron chi connectivity index (χ4n) is 2.39. The molecule has 0 atom stereocenters. The van der Waals surface area contributed by atoms with Crippen LogP contribution in [0.15, 0.2) is 42.5 Å². The summed E-state index contributed by atoms with van der Waals surface area (Å²) in [5.41, 5.74) is 1.45. The summed E-state index contributed by atoms with van der Waals surface area (Å²) in [6.45, 7) is 0.0613. The van der Waals surface area contributed by atoms with E-state index in [9.17, 15) is 14.4 Å². The molecule has 0 aliphatic rings. The van der Waals surface area contributed by atoms with Crippen LogP contribution < -0.4 is 20.1 Å². The number of rotatable bonds is 8. The van der Waals surface area contributed by atoms with E-state index in [1.54, 1.807) is 25.3 Å². The second-order valence-corrected chi connectivity index (χ2v) is 5.71. The molecule has 0 saturated carbocycles. The van der Waals surface area contributed by atoms with Crippen molar-refractivity contribution in [1.82, 2.24) is 10.6 Å².